The van der Waals surface area contributed by atoms with E-state index in [-0.39, 0.29) is 18.1 Å². The lowest BCUT2D eigenvalue weighted by Gasteiger charge is -2.20. The van der Waals surface area contributed by atoms with E-state index in [9.17, 15) is 9.59 Å². The zero-order chi connectivity index (χ0) is 13.9. The van der Waals surface area contributed by atoms with Gasteiger partial charge in [0.25, 0.3) is 0 Å². The van der Waals surface area contributed by atoms with Gasteiger partial charge in [-0.3, -0.25) is 9.36 Å². The first kappa shape index (κ1) is 12.9. The van der Waals surface area contributed by atoms with Crippen molar-refractivity contribution in [3.05, 3.63) is 34.7 Å². The van der Waals surface area contributed by atoms with E-state index in [1.807, 2.05) is 29.2 Å². The first-order valence-corrected chi connectivity index (χ1v) is 6.92. The van der Waals surface area contributed by atoms with Gasteiger partial charge >= 0.3 is 5.69 Å². The van der Waals surface area contributed by atoms with Crippen LogP contribution in [-0.4, -0.2) is 46.5 Å². The molecule has 0 saturated carbocycles. The van der Waals surface area contributed by atoms with Crippen LogP contribution in [0.25, 0.3) is 11.0 Å². The van der Waals surface area contributed by atoms with E-state index < -0.39 is 0 Å². The van der Waals surface area contributed by atoms with Crippen molar-refractivity contribution in [1.82, 2.24) is 19.8 Å². The summed E-state index contributed by atoms with van der Waals surface area (Å²) < 4.78 is 1.51. The van der Waals surface area contributed by atoms with Crippen LogP contribution in [0.3, 0.4) is 0 Å². The summed E-state index contributed by atoms with van der Waals surface area (Å²) in [6.07, 6.45) is 0.953. The van der Waals surface area contributed by atoms with Gasteiger partial charge < -0.3 is 15.2 Å². The number of hydrogen-bond donors (Lipinski definition) is 2. The number of amides is 1. The normalized spacial score (nSPS) is 16.3. The second kappa shape index (κ2) is 5.50. The van der Waals surface area contributed by atoms with Gasteiger partial charge in [-0.25, -0.2) is 4.79 Å². The molecule has 0 spiro atoms. The summed E-state index contributed by atoms with van der Waals surface area (Å²) in [6.45, 7) is 3.31. The topological polar surface area (TPSA) is 70.1 Å². The number of aromatic amines is 1. The van der Waals surface area contributed by atoms with Crippen LogP contribution in [0.1, 0.15) is 6.42 Å². The lowest BCUT2D eigenvalue weighted by Crippen LogP contribution is -2.38. The fourth-order valence-corrected chi connectivity index (χ4v) is 2.59. The number of nitrogens with one attached hydrogen (secondary N) is 2. The average molecular weight is 274 g/mol. The maximum atomic E-state index is 12.3. The molecule has 2 N–H and O–H groups in total. The summed E-state index contributed by atoms with van der Waals surface area (Å²) in [5, 5.41) is 3.26. The third-order valence-corrected chi connectivity index (χ3v) is 3.67. The predicted molar refractivity (Wildman–Crippen MR) is 76.6 cm³/mol. The zero-order valence-corrected chi connectivity index (χ0v) is 11.3. The molecule has 1 aromatic heterocycles. The van der Waals surface area contributed by atoms with E-state index >= 15 is 0 Å². The highest BCUT2D eigenvalue weighted by molar-refractivity contribution is 5.80. The molecule has 0 atom stereocenters. The third kappa shape index (κ3) is 2.46. The Morgan fingerprint density at radius 2 is 2.05 bits per heavy atom. The van der Waals surface area contributed by atoms with E-state index in [2.05, 4.69) is 10.3 Å². The largest absolute Gasteiger partial charge is 0.340 e. The number of benzene rings is 1. The summed E-state index contributed by atoms with van der Waals surface area (Å²) in [5.74, 6) is 0.000512. The summed E-state index contributed by atoms with van der Waals surface area (Å²) in [6, 6.07) is 7.43. The number of H-pyrrole nitrogens is 1. The quantitative estimate of drug-likeness (QED) is 0.819. The third-order valence-electron chi connectivity index (χ3n) is 3.67. The van der Waals surface area contributed by atoms with Crippen molar-refractivity contribution in [2.75, 3.05) is 26.2 Å². The van der Waals surface area contributed by atoms with E-state index in [0.717, 1.165) is 37.1 Å². The SMILES string of the molecule is O=C(Cn1c(=O)[nH]c2ccccc21)N1CCCNCC1. The smallest absolute Gasteiger partial charge is 0.326 e. The molecule has 1 fully saturated rings. The Balaban J connectivity index is 1.83. The molecule has 1 aliphatic rings. The van der Waals surface area contributed by atoms with E-state index in [1.165, 1.54) is 4.57 Å². The van der Waals surface area contributed by atoms with Gasteiger partial charge in [0, 0.05) is 19.6 Å². The van der Waals surface area contributed by atoms with Crippen LogP contribution in [0.2, 0.25) is 0 Å². The Hall–Kier alpha value is -2.08. The summed E-state index contributed by atoms with van der Waals surface area (Å²) in [7, 11) is 0. The molecule has 6 nitrogen and oxygen atoms in total. The van der Waals surface area contributed by atoms with Gasteiger partial charge in [0.2, 0.25) is 5.91 Å². The number of carbonyl (C=O) groups is 1. The molecule has 2 aromatic rings. The molecule has 6 heteroatoms. The number of para-hydroxylation sites is 2. The van der Waals surface area contributed by atoms with Crippen LogP contribution in [0.15, 0.2) is 29.1 Å². The molecule has 1 saturated heterocycles. The molecule has 0 bridgehead atoms. The Labute approximate surface area is 116 Å². The number of aromatic nitrogens is 2. The zero-order valence-electron chi connectivity index (χ0n) is 11.3. The minimum atomic E-state index is -0.229. The Kier molecular flexibility index (Phi) is 3.56. The Morgan fingerprint density at radius 1 is 1.20 bits per heavy atom. The molecular formula is C14H18N4O2. The molecule has 3 rings (SSSR count). The minimum Gasteiger partial charge on any atom is -0.340 e. The number of rotatable bonds is 2. The molecule has 0 unspecified atom stereocenters. The first-order chi connectivity index (χ1) is 9.75. The Morgan fingerprint density at radius 3 is 2.95 bits per heavy atom. The molecule has 0 aliphatic carbocycles. The van der Waals surface area contributed by atoms with Gasteiger partial charge in [0.1, 0.15) is 6.54 Å². The summed E-state index contributed by atoms with van der Waals surface area (Å²) >= 11 is 0. The van der Waals surface area contributed by atoms with Gasteiger partial charge in [-0.2, -0.15) is 0 Å². The van der Waals surface area contributed by atoms with Crippen molar-refractivity contribution < 1.29 is 4.79 Å². The number of carbonyl (C=O) groups excluding carboxylic acids is 1. The molecular weight excluding hydrogens is 256 g/mol. The highest BCUT2D eigenvalue weighted by Gasteiger charge is 2.17. The highest BCUT2D eigenvalue weighted by Crippen LogP contribution is 2.09. The van der Waals surface area contributed by atoms with Crippen molar-refractivity contribution in [2.45, 2.75) is 13.0 Å². The molecule has 106 valence electrons. The van der Waals surface area contributed by atoms with Gasteiger partial charge in [-0.05, 0) is 25.1 Å². The maximum Gasteiger partial charge on any atom is 0.326 e. The van der Waals surface area contributed by atoms with E-state index in [0.29, 0.717) is 6.54 Å². The van der Waals surface area contributed by atoms with Gasteiger partial charge in [-0.15, -0.1) is 0 Å². The van der Waals surface area contributed by atoms with Crippen molar-refractivity contribution in [2.24, 2.45) is 0 Å². The van der Waals surface area contributed by atoms with E-state index in [1.54, 1.807) is 0 Å². The fourth-order valence-electron chi connectivity index (χ4n) is 2.59. The lowest BCUT2D eigenvalue weighted by molar-refractivity contribution is -0.131. The van der Waals surface area contributed by atoms with Crippen molar-refractivity contribution in [3.8, 4) is 0 Å². The second-order valence-electron chi connectivity index (χ2n) is 5.02. The Bertz CT molecular complexity index is 665. The average Bonchev–Trinajstić information content (AvgIpc) is 2.66. The van der Waals surface area contributed by atoms with Gasteiger partial charge in [0.15, 0.2) is 0 Å². The van der Waals surface area contributed by atoms with Crippen molar-refractivity contribution >= 4 is 16.9 Å². The lowest BCUT2D eigenvalue weighted by atomic mass is 10.3. The molecule has 1 aliphatic heterocycles. The monoisotopic (exact) mass is 274 g/mol. The van der Waals surface area contributed by atoms with Crippen LogP contribution < -0.4 is 11.0 Å². The van der Waals surface area contributed by atoms with Crippen LogP contribution in [-0.2, 0) is 11.3 Å². The number of nitrogens with zero attached hydrogens (tertiary/aromatic N) is 2. The minimum absolute atomic E-state index is 0.000512. The summed E-state index contributed by atoms with van der Waals surface area (Å²) in [4.78, 5) is 28.9. The molecule has 1 aromatic carbocycles. The molecule has 0 radical (unpaired) electrons. The summed E-state index contributed by atoms with van der Waals surface area (Å²) in [5.41, 5.74) is 1.31. The standard InChI is InChI=1S/C14H18N4O2/c19-13(17-8-3-6-15-7-9-17)10-18-12-5-2-1-4-11(12)16-14(18)20/h1-2,4-5,15H,3,6-10H2,(H,16,20). The number of hydrogen-bond acceptors (Lipinski definition) is 3. The first-order valence-electron chi connectivity index (χ1n) is 6.92. The second-order valence-corrected chi connectivity index (χ2v) is 5.02. The fraction of sp³-hybridized carbons (Fsp3) is 0.429. The van der Waals surface area contributed by atoms with E-state index in [4.69, 9.17) is 0 Å². The maximum absolute atomic E-state index is 12.3. The predicted octanol–water partition coefficient (Wildman–Crippen LogP) is 0.151. The van der Waals surface area contributed by atoms with Crippen LogP contribution >= 0.6 is 0 Å². The number of imidazole rings is 1. The molecule has 1 amide bonds. The highest BCUT2D eigenvalue weighted by atomic mass is 16.2. The van der Waals surface area contributed by atoms with Gasteiger partial charge in [-0.1, -0.05) is 12.1 Å². The number of fused-ring (bicyclic) bond motifs is 1. The molecule has 20 heavy (non-hydrogen) atoms. The van der Waals surface area contributed by atoms with Crippen LogP contribution in [0.4, 0.5) is 0 Å². The van der Waals surface area contributed by atoms with Crippen LogP contribution in [0.5, 0.6) is 0 Å². The molecule has 2 heterocycles. The van der Waals surface area contributed by atoms with Crippen LogP contribution in [0, 0.1) is 0 Å². The van der Waals surface area contributed by atoms with Gasteiger partial charge in [0.05, 0.1) is 11.0 Å². The van der Waals surface area contributed by atoms with Crippen molar-refractivity contribution in [1.29, 1.82) is 0 Å². The van der Waals surface area contributed by atoms with Crippen molar-refractivity contribution in [3.63, 3.8) is 0 Å².